The van der Waals surface area contributed by atoms with Crippen LogP contribution in [0.15, 0.2) is 0 Å². The number of carbonyl (C=O) groups is 4. The van der Waals surface area contributed by atoms with E-state index in [0.717, 1.165) is 82.6 Å². The summed E-state index contributed by atoms with van der Waals surface area (Å²) in [5.74, 6) is -0.899. The number of nitrogens with zero attached hydrogens (tertiary/aromatic N) is 3. The van der Waals surface area contributed by atoms with E-state index in [9.17, 15) is 24.3 Å². The van der Waals surface area contributed by atoms with Crippen LogP contribution in [0.3, 0.4) is 0 Å². The van der Waals surface area contributed by atoms with Crippen LogP contribution in [-0.4, -0.2) is 121 Å². The summed E-state index contributed by atoms with van der Waals surface area (Å²) in [6, 6.07) is -0.504. The Bertz CT molecular complexity index is 950. The fourth-order valence-corrected chi connectivity index (χ4v) is 6.88. The van der Waals surface area contributed by atoms with Crippen LogP contribution >= 0.6 is 0 Å². The first-order valence-electron chi connectivity index (χ1n) is 18.4. The predicted octanol–water partition coefficient (Wildman–Crippen LogP) is 3.62. The van der Waals surface area contributed by atoms with Gasteiger partial charge in [0.1, 0.15) is 19.3 Å². The highest BCUT2D eigenvalue weighted by atomic mass is 16.7. The molecule has 0 bridgehead atoms. The Kier molecular flexibility index (Phi) is 19.1. The van der Waals surface area contributed by atoms with Gasteiger partial charge in [-0.2, -0.15) is 0 Å². The zero-order valence-electron chi connectivity index (χ0n) is 29.4. The molecule has 2 aliphatic heterocycles. The number of aliphatic hydroxyl groups is 1. The van der Waals surface area contributed by atoms with Crippen molar-refractivity contribution in [3.8, 4) is 0 Å². The van der Waals surface area contributed by atoms with E-state index < -0.39 is 30.1 Å². The number of nitrogens with one attached hydrogen (secondary N) is 3. The highest BCUT2D eigenvalue weighted by Crippen LogP contribution is 2.18. The van der Waals surface area contributed by atoms with Gasteiger partial charge in [0, 0.05) is 39.0 Å². The van der Waals surface area contributed by atoms with E-state index in [1.54, 1.807) is 0 Å². The van der Waals surface area contributed by atoms with Gasteiger partial charge in [0.25, 0.3) is 5.91 Å². The van der Waals surface area contributed by atoms with Crippen molar-refractivity contribution in [1.82, 2.24) is 31.0 Å². The molecule has 2 saturated heterocycles. The first-order chi connectivity index (χ1) is 23.2. The fraction of sp³-hybridized carbons (Fsp3) is 0.882. The van der Waals surface area contributed by atoms with Crippen molar-refractivity contribution >= 4 is 23.9 Å². The monoisotopic (exact) mass is 682 g/mol. The van der Waals surface area contributed by atoms with Crippen LogP contribution in [0.2, 0.25) is 0 Å². The molecule has 14 heteroatoms. The molecule has 2 saturated carbocycles. The van der Waals surface area contributed by atoms with E-state index in [0.29, 0.717) is 13.1 Å². The Morgan fingerprint density at radius 3 is 1.73 bits per heavy atom. The number of imide groups is 1. The summed E-state index contributed by atoms with van der Waals surface area (Å²) in [6.07, 6.45) is 17.0. The number of hydrogen-bond donors (Lipinski definition) is 4. The first kappa shape index (κ1) is 39.9. The lowest BCUT2D eigenvalue weighted by molar-refractivity contribution is -0.181. The highest BCUT2D eigenvalue weighted by molar-refractivity contribution is 5.91. The fourth-order valence-electron chi connectivity index (χ4n) is 6.88. The third-order valence-electron chi connectivity index (χ3n) is 9.33. The molecule has 0 spiro atoms. The number of hydrogen-bond acceptors (Lipinski definition) is 10. The van der Waals surface area contributed by atoms with Crippen LogP contribution in [-0.2, 0) is 24.0 Å². The number of β-amino-alcohol motifs (C(OH)–C–C–N with tert-alkyl or cyclic N) is 1. The van der Waals surface area contributed by atoms with Crippen LogP contribution < -0.4 is 16.1 Å². The minimum atomic E-state index is -0.557. The summed E-state index contributed by atoms with van der Waals surface area (Å²) in [7, 11) is 0. The largest absolute Gasteiger partial charge is 0.459 e. The topological polar surface area (TPSA) is 162 Å². The van der Waals surface area contributed by atoms with Gasteiger partial charge in [0.2, 0.25) is 0 Å². The first-order valence-corrected chi connectivity index (χ1v) is 18.4. The van der Waals surface area contributed by atoms with E-state index >= 15 is 0 Å². The second-order valence-corrected chi connectivity index (χ2v) is 13.7. The summed E-state index contributed by atoms with van der Waals surface area (Å²) in [4.78, 5) is 62.4. The molecule has 0 aromatic heterocycles. The van der Waals surface area contributed by atoms with Gasteiger partial charge in [-0.3, -0.25) is 24.2 Å². The van der Waals surface area contributed by atoms with Gasteiger partial charge in [0.15, 0.2) is 0 Å². The lowest BCUT2D eigenvalue weighted by Crippen LogP contribution is -2.49. The maximum Gasteiger partial charge on any atom is 0.349 e. The SMILES string of the molecule is CC(=O)OC(CON(C(C)=O)C(=O)NC1CCCCC1)CN1CCCCC1.O=C(NOCC(O)CN1CCCCC1)NC1CCCCC1. The minimum Gasteiger partial charge on any atom is -0.459 e. The zero-order valence-corrected chi connectivity index (χ0v) is 29.4. The van der Waals surface area contributed by atoms with Crippen molar-refractivity contribution in [3.05, 3.63) is 0 Å². The molecule has 4 N–H and O–H groups in total. The van der Waals surface area contributed by atoms with Crippen molar-refractivity contribution in [2.24, 2.45) is 0 Å². The zero-order chi connectivity index (χ0) is 34.6. The number of amides is 5. The molecule has 2 heterocycles. The molecule has 2 aliphatic carbocycles. The van der Waals surface area contributed by atoms with Crippen LogP contribution in [0.25, 0.3) is 0 Å². The number of urea groups is 2. The molecule has 4 aliphatic rings. The normalized spacial score (nSPS) is 21.1. The highest BCUT2D eigenvalue weighted by Gasteiger charge is 2.27. The molecule has 4 rings (SSSR count). The Morgan fingerprint density at radius 2 is 1.21 bits per heavy atom. The molecule has 2 unspecified atom stereocenters. The van der Waals surface area contributed by atoms with E-state index in [4.69, 9.17) is 14.4 Å². The van der Waals surface area contributed by atoms with Crippen LogP contribution in [0.4, 0.5) is 9.59 Å². The van der Waals surface area contributed by atoms with Gasteiger partial charge >= 0.3 is 18.0 Å². The summed E-state index contributed by atoms with van der Waals surface area (Å²) in [6.45, 7) is 7.89. The molecule has 0 radical (unpaired) electrons. The number of rotatable bonds is 13. The van der Waals surface area contributed by atoms with Gasteiger partial charge < -0.3 is 25.4 Å². The second kappa shape index (κ2) is 23.0. The maximum atomic E-state index is 12.4. The van der Waals surface area contributed by atoms with Crippen molar-refractivity contribution in [3.63, 3.8) is 0 Å². The van der Waals surface area contributed by atoms with Gasteiger partial charge in [0.05, 0.1) is 6.10 Å². The molecule has 0 aromatic carbocycles. The van der Waals surface area contributed by atoms with Crippen molar-refractivity contribution in [1.29, 1.82) is 0 Å². The Hall–Kier alpha value is -2.52. The number of aliphatic hydroxyl groups excluding tert-OH is 1. The Balaban J connectivity index is 0.000000269. The average molecular weight is 683 g/mol. The lowest BCUT2D eigenvalue weighted by atomic mass is 9.96. The molecule has 2 atom stereocenters. The van der Waals surface area contributed by atoms with E-state index in [-0.39, 0.29) is 31.3 Å². The van der Waals surface area contributed by atoms with Crippen molar-refractivity contribution in [2.75, 3.05) is 52.5 Å². The van der Waals surface area contributed by atoms with Crippen LogP contribution in [0.1, 0.15) is 117 Å². The number of likely N-dealkylation sites (tertiary alicyclic amines) is 2. The van der Waals surface area contributed by atoms with Gasteiger partial charge in [-0.05, 0) is 77.5 Å². The molecule has 14 nitrogen and oxygen atoms in total. The number of esters is 1. The second-order valence-electron chi connectivity index (χ2n) is 13.7. The molecular formula is C34H62N6O8. The molecule has 48 heavy (non-hydrogen) atoms. The van der Waals surface area contributed by atoms with Gasteiger partial charge in [-0.15, -0.1) is 5.06 Å². The number of carbonyl (C=O) groups excluding carboxylic acids is 4. The third-order valence-corrected chi connectivity index (χ3v) is 9.33. The van der Waals surface area contributed by atoms with Gasteiger partial charge in [-0.25, -0.2) is 15.1 Å². The maximum absolute atomic E-state index is 12.4. The van der Waals surface area contributed by atoms with E-state index in [2.05, 4.69) is 25.9 Å². The number of hydroxylamine groups is 3. The average Bonchev–Trinajstić information content (AvgIpc) is 3.06. The predicted molar refractivity (Wildman–Crippen MR) is 181 cm³/mol. The van der Waals surface area contributed by atoms with Crippen molar-refractivity contribution < 1.29 is 38.7 Å². The quantitative estimate of drug-likeness (QED) is 0.167. The Labute approximate surface area is 286 Å². The minimum absolute atomic E-state index is 0.0340. The molecule has 276 valence electrons. The molecule has 5 amide bonds. The molecular weight excluding hydrogens is 620 g/mol. The number of ether oxygens (including phenoxy) is 1. The molecule has 4 fully saturated rings. The standard InChI is InChI=1S/C19H33N3O5.C15H29N3O3/c1-15(23)22(19(25)20-17-9-5-3-6-10-17)26-14-18(27-16(2)24)13-21-11-7-4-8-12-21;19-14(11-18-9-5-2-6-10-18)12-21-17-15(20)16-13-7-3-1-4-8-13/h17-18H,3-14H2,1-2H3,(H,20,25);13-14,19H,1-12H2,(H2,16,17,20). The summed E-state index contributed by atoms with van der Waals surface area (Å²) in [5.41, 5.74) is 2.37. The summed E-state index contributed by atoms with van der Waals surface area (Å²) in [5, 5.41) is 16.4. The van der Waals surface area contributed by atoms with Gasteiger partial charge in [-0.1, -0.05) is 51.4 Å². The lowest BCUT2D eigenvalue weighted by Gasteiger charge is -2.31. The Morgan fingerprint density at radius 1 is 0.708 bits per heavy atom. The van der Waals surface area contributed by atoms with E-state index in [1.165, 1.54) is 65.2 Å². The van der Waals surface area contributed by atoms with E-state index in [1.807, 2.05) is 0 Å². The molecule has 0 aromatic rings. The number of piperidine rings is 2. The summed E-state index contributed by atoms with van der Waals surface area (Å²) < 4.78 is 5.34. The van der Waals surface area contributed by atoms with Crippen LogP contribution in [0, 0.1) is 0 Å². The summed E-state index contributed by atoms with van der Waals surface area (Å²) >= 11 is 0. The van der Waals surface area contributed by atoms with Crippen LogP contribution in [0.5, 0.6) is 0 Å². The smallest absolute Gasteiger partial charge is 0.349 e. The third kappa shape index (κ3) is 16.7. The van der Waals surface area contributed by atoms with Crippen molar-refractivity contribution in [2.45, 2.75) is 141 Å².